The fourth-order valence-corrected chi connectivity index (χ4v) is 4.69. The van der Waals surface area contributed by atoms with Crippen molar-refractivity contribution in [2.24, 2.45) is 11.8 Å². The van der Waals surface area contributed by atoms with Crippen molar-refractivity contribution in [3.05, 3.63) is 58.1 Å². The number of ether oxygens (including phenoxy) is 2. The van der Waals surface area contributed by atoms with Crippen LogP contribution in [0.5, 0.6) is 0 Å². The van der Waals surface area contributed by atoms with Crippen molar-refractivity contribution in [3.63, 3.8) is 0 Å². The molecule has 0 aliphatic heterocycles. The fourth-order valence-electron chi connectivity index (χ4n) is 4.57. The summed E-state index contributed by atoms with van der Waals surface area (Å²) in [5.41, 5.74) is 3.99. The van der Waals surface area contributed by atoms with Gasteiger partial charge in [-0.1, -0.05) is 49.7 Å². The van der Waals surface area contributed by atoms with Gasteiger partial charge in [-0.3, -0.25) is 4.79 Å². The van der Waals surface area contributed by atoms with E-state index < -0.39 is 11.6 Å². The van der Waals surface area contributed by atoms with E-state index in [0.717, 1.165) is 34.2 Å². The molecule has 1 aliphatic carbocycles. The van der Waals surface area contributed by atoms with Gasteiger partial charge in [-0.05, 0) is 85.4 Å². The van der Waals surface area contributed by atoms with Crippen molar-refractivity contribution in [2.75, 3.05) is 6.61 Å². The van der Waals surface area contributed by atoms with Gasteiger partial charge in [-0.15, -0.1) is 0 Å². The van der Waals surface area contributed by atoms with E-state index in [0.29, 0.717) is 23.8 Å². The summed E-state index contributed by atoms with van der Waals surface area (Å²) < 4.78 is 11.2. The Morgan fingerprint density at radius 1 is 1.06 bits per heavy atom. The van der Waals surface area contributed by atoms with E-state index >= 15 is 0 Å². The van der Waals surface area contributed by atoms with Crippen LogP contribution in [0.3, 0.4) is 0 Å². The lowest BCUT2D eigenvalue weighted by Gasteiger charge is -2.40. The van der Waals surface area contributed by atoms with Crippen LogP contribution in [-0.2, 0) is 25.5 Å². The zero-order valence-electron chi connectivity index (χ0n) is 19.7. The van der Waals surface area contributed by atoms with Crippen molar-refractivity contribution in [1.29, 1.82) is 0 Å². The van der Waals surface area contributed by atoms with Gasteiger partial charge in [0.2, 0.25) is 5.60 Å². The summed E-state index contributed by atoms with van der Waals surface area (Å²) in [4.78, 5) is 25.8. The Bertz CT molecular complexity index is 982. The molecule has 32 heavy (non-hydrogen) atoms. The standard InChI is InChI=1S/C27H33ClO4/c1-6-31-26(30)27(12-11-17(2)20(5)16-27)32-25(29)15-22-13-19(4)24(14-18(22)3)21-7-9-23(28)10-8-21/h7-10,13-14,17,20H,6,11-12,15-16H2,1-5H3. The molecule has 4 nitrogen and oxygen atoms in total. The second-order valence-corrected chi connectivity index (χ2v) is 9.60. The van der Waals surface area contributed by atoms with E-state index in [9.17, 15) is 9.59 Å². The molecule has 2 aromatic carbocycles. The Morgan fingerprint density at radius 3 is 2.38 bits per heavy atom. The molecular formula is C27H33ClO4. The van der Waals surface area contributed by atoms with E-state index in [1.165, 1.54) is 0 Å². The summed E-state index contributed by atoms with van der Waals surface area (Å²) in [5, 5.41) is 0.699. The highest BCUT2D eigenvalue weighted by Gasteiger charge is 2.48. The molecule has 0 N–H and O–H groups in total. The number of carbonyl (C=O) groups is 2. The molecule has 2 aromatic rings. The molecule has 172 valence electrons. The quantitative estimate of drug-likeness (QED) is 0.467. The van der Waals surface area contributed by atoms with Crippen LogP contribution in [0, 0.1) is 25.7 Å². The minimum Gasteiger partial charge on any atom is -0.463 e. The Kier molecular flexibility index (Phi) is 7.66. The van der Waals surface area contributed by atoms with Crippen LogP contribution in [0.25, 0.3) is 11.1 Å². The molecule has 1 fully saturated rings. The smallest absolute Gasteiger partial charge is 0.350 e. The SMILES string of the molecule is CCOC(=O)C1(OC(=O)Cc2cc(C)c(-c3ccc(Cl)cc3)cc2C)CCC(C)C(C)C1. The second-order valence-electron chi connectivity index (χ2n) is 9.16. The first kappa shape index (κ1) is 24.3. The Balaban J connectivity index is 1.80. The van der Waals surface area contributed by atoms with E-state index in [-0.39, 0.29) is 24.9 Å². The monoisotopic (exact) mass is 456 g/mol. The van der Waals surface area contributed by atoms with Crippen molar-refractivity contribution >= 4 is 23.5 Å². The van der Waals surface area contributed by atoms with E-state index in [1.54, 1.807) is 6.92 Å². The summed E-state index contributed by atoms with van der Waals surface area (Å²) >= 11 is 6.02. The zero-order chi connectivity index (χ0) is 23.5. The summed E-state index contributed by atoms with van der Waals surface area (Å²) in [6.45, 7) is 10.4. The highest BCUT2D eigenvalue weighted by atomic mass is 35.5. The number of aryl methyl sites for hydroxylation is 2. The van der Waals surface area contributed by atoms with Crippen LogP contribution in [0.15, 0.2) is 36.4 Å². The largest absolute Gasteiger partial charge is 0.463 e. The Labute approximate surface area is 196 Å². The van der Waals surface area contributed by atoms with Gasteiger partial charge in [0, 0.05) is 11.4 Å². The third kappa shape index (κ3) is 5.35. The van der Waals surface area contributed by atoms with E-state index in [1.807, 2.05) is 44.2 Å². The maximum atomic E-state index is 13.0. The van der Waals surface area contributed by atoms with Crippen molar-refractivity contribution in [1.82, 2.24) is 0 Å². The molecule has 0 bridgehead atoms. The van der Waals surface area contributed by atoms with Gasteiger partial charge in [0.15, 0.2) is 0 Å². The Hall–Kier alpha value is -2.33. The fraction of sp³-hybridized carbons (Fsp3) is 0.481. The highest BCUT2D eigenvalue weighted by molar-refractivity contribution is 6.30. The number of esters is 2. The van der Waals surface area contributed by atoms with Gasteiger partial charge in [-0.25, -0.2) is 4.79 Å². The topological polar surface area (TPSA) is 52.6 Å². The number of halogens is 1. The predicted molar refractivity (Wildman–Crippen MR) is 128 cm³/mol. The van der Waals surface area contributed by atoms with Gasteiger partial charge in [-0.2, -0.15) is 0 Å². The van der Waals surface area contributed by atoms with Gasteiger partial charge in [0.25, 0.3) is 0 Å². The van der Waals surface area contributed by atoms with Gasteiger partial charge in [0.1, 0.15) is 0 Å². The van der Waals surface area contributed by atoms with E-state index in [4.69, 9.17) is 21.1 Å². The predicted octanol–water partition coefficient (Wildman–Crippen LogP) is 6.47. The molecule has 3 atom stereocenters. The maximum absolute atomic E-state index is 13.0. The maximum Gasteiger partial charge on any atom is 0.350 e. The second kappa shape index (κ2) is 10.1. The molecule has 5 heteroatoms. The molecule has 3 unspecified atom stereocenters. The average Bonchev–Trinajstić information content (AvgIpc) is 2.74. The third-order valence-electron chi connectivity index (χ3n) is 6.76. The van der Waals surface area contributed by atoms with Crippen LogP contribution in [0.4, 0.5) is 0 Å². The first-order valence-corrected chi connectivity index (χ1v) is 11.8. The molecule has 0 heterocycles. The van der Waals surface area contributed by atoms with Gasteiger partial charge < -0.3 is 9.47 Å². The van der Waals surface area contributed by atoms with Crippen LogP contribution >= 0.6 is 11.6 Å². The summed E-state index contributed by atoms with van der Waals surface area (Å²) in [7, 11) is 0. The lowest BCUT2D eigenvalue weighted by molar-refractivity contribution is -0.189. The zero-order valence-corrected chi connectivity index (χ0v) is 20.4. The molecule has 0 radical (unpaired) electrons. The summed E-state index contributed by atoms with van der Waals surface area (Å²) in [6, 6.07) is 11.9. The summed E-state index contributed by atoms with van der Waals surface area (Å²) in [6.07, 6.45) is 1.97. The molecule has 1 aliphatic rings. The molecule has 3 rings (SSSR count). The van der Waals surface area contributed by atoms with E-state index in [2.05, 4.69) is 19.9 Å². The Morgan fingerprint density at radius 2 is 1.75 bits per heavy atom. The van der Waals surface area contributed by atoms with Crippen molar-refractivity contribution < 1.29 is 19.1 Å². The molecule has 0 saturated heterocycles. The normalized spacial score (nSPS) is 22.9. The minimum absolute atomic E-state index is 0.124. The number of hydrogen-bond donors (Lipinski definition) is 0. The lowest BCUT2D eigenvalue weighted by atomic mass is 9.73. The number of carbonyl (C=O) groups excluding carboxylic acids is 2. The van der Waals surface area contributed by atoms with Crippen LogP contribution in [0.2, 0.25) is 5.02 Å². The molecule has 0 amide bonds. The first-order chi connectivity index (χ1) is 15.1. The number of benzene rings is 2. The average molecular weight is 457 g/mol. The highest BCUT2D eigenvalue weighted by Crippen LogP contribution is 2.40. The van der Waals surface area contributed by atoms with Crippen LogP contribution in [-0.4, -0.2) is 24.1 Å². The molecule has 0 aromatic heterocycles. The number of rotatable bonds is 6. The minimum atomic E-state index is -1.18. The molecule has 1 saturated carbocycles. The molecular weight excluding hydrogens is 424 g/mol. The third-order valence-corrected chi connectivity index (χ3v) is 7.01. The summed E-state index contributed by atoms with van der Waals surface area (Å²) in [5.74, 6) is -0.0372. The van der Waals surface area contributed by atoms with Crippen molar-refractivity contribution in [2.45, 2.75) is 65.9 Å². The van der Waals surface area contributed by atoms with Gasteiger partial charge in [0.05, 0.1) is 13.0 Å². The van der Waals surface area contributed by atoms with Crippen molar-refractivity contribution in [3.8, 4) is 11.1 Å². The molecule has 0 spiro atoms. The van der Waals surface area contributed by atoms with Crippen LogP contribution in [0.1, 0.15) is 56.7 Å². The lowest BCUT2D eigenvalue weighted by Crippen LogP contribution is -2.49. The van der Waals surface area contributed by atoms with Crippen LogP contribution < -0.4 is 0 Å². The number of hydrogen-bond acceptors (Lipinski definition) is 4. The first-order valence-electron chi connectivity index (χ1n) is 11.4. The van der Waals surface area contributed by atoms with Gasteiger partial charge >= 0.3 is 11.9 Å².